The minimum atomic E-state index is -3.87. The minimum Gasteiger partial charge on any atom is -0.481 e. The molecule has 2 rings (SSSR count). The summed E-state index contributed by atoms with van der Waals surface area (Å²) in [6, 6.07) is 12.3. The van der Waals surface area contributed by atoms with Gasteiger partial charge in [0.25, 0.3) is 0 Å². The zero-order valence-corrected chi connectivity index (χ0v) is 19.8. The van der Waals surface area contributed by atoms with E-state index in [-0.39, 0.29) is 28.7 Å². The first-order valence-corrected chi connectivity index (χ1v) is 12.7. The Bertz CT molecular complexity index is 1010. The summed E-state index contributed by atoms with van der Waals surface area (Å²) in [6.07, 6.45) is 6.29. The van der Waals surface area contributed by atoms with Crippen LogP contribution >= 0.6 is 11.6 Å². The van der Waals surface area contributed by atoms with Gasteiger partial charge in [-0.2, -0.15) is 0 Å². The van der Waals surface area contributed by atoms with Gasteiger partial charge >= 0.3 is 5.97 Å². The van der Waals surface area contributed by atoms with E-state index in [0.717, 1.165) is 32.1 Å². The molecule has 0 radical (unpaired) electrons. The van der Waals surface area contributed by atoms with E-state index in [0.29, 0.717) is 23.4 Å². The van der Waals surface area contributed by atoms with Gasteiger partial charge in [0.05, 0.1) is 4.90 Å². The standard InChI is InChI=1S/C24H30ClNO5S/c1-18(10-6-4-2-3-5-7-13-23(27)28)26-32(30,31)22-12-9-8-11-21(22)24(29)19-14-16-20(25)17-15-19/h8-9,11-12,14-18,26H,2-7,10,13H2,1H3,(H,27,28). The predicted octanol–water partition coefficient (Wildman–Crippen LogP) is 5.44. The van der Waals surface area contributed by atoms with Crippen molar-refractivity contribution in [2.75, 3.05) is 0 Å². The number of sulfonamides is 1. The Hall–Kier alpha value is -2.22. The van der Waals surface area contributed by atoms with Gasteiger partial charge in [-0.3, -0.25) is 9.59 Å². The SMILES string of the molecule is CC(CCCCCCCCC(=O)O)NS(=O)(=O)c1ccccc1C(=O)c1ccc(Cl)cc1. The maximum Gasteiger partial charge on any atom is 0.303 e. The van der Waals surface area contributed by atoms with Crippen LogP contribution in [-0.2, 0) is 14.8 Å². The monoisotopic (exact) mass is 479 g/mol. The maximum absolute atomic E-state index is 13.0. The lowest BCUT2D eigenvalue weighted by molar-refractivity contribution is -0.137. The number of ketones is 1. The van der Waals surface area contributed by atoms with E-state index in [1.165, 1.54) is 12.1 Å². The number of carboxylic acids is 1. The van der Waals surface area contributed by atoms with Crippen LogP contribution < -0.4 is 4.72 Å². The molecule has 0 aliphatic rings. The zero-order chi connectivity index (χ0) is 23.6. The molecule has 0 spiro atoms. The van der Waals surface area contributed by atoms with Gasteiger partial charge in [-0.25, -0.2) is 13.1 Å². The molecule has 0 saturated carbocycles. The molecule has 6 nitrogen and oxygen atoms in total. The van der Waals surface area contributed by atoms with E-state index >= 15 is 0 Å². The Balaban J connectivity index is 1.91. The normalized spacial score (nSPS) is 12.4. The summed E-state index contributed by atoms with van der Waals surface area (Å²) in [5.41, 5.74) is 0.490. The Labute approximate surface area is 195 Å². The summed E-state index contributed by atoms with van der Waals surface area (Å²) >= 11 is 5.88. The molecule has 2 N–H and O–H groups in total. The second-order valence-corrected chi connectivity index (χ2v) is 10.0. The molecule has 0 aliphatic carbocycles. The molecule has 0 amide bonds. The number of aliphatic carboxylic acids is 1. The van der Waals surface area contributed by atoms with Crippen molar-refractivity contribution in [1.29, 1.82) is 0 Å². The first-order chi connectivity index (χ1) is 15.2. The Morgan fingerprint density at radius 1 is 0.938 bits per heavy atom. The van der Waals surface area contributed by atoms with Gasteiger partial charge in [-0.15, -0.1) is 0 Å². The molecule has 1 atom stereocenters. The average Bonchev–Trinajstić information content (AvgIpc) is 2.75. The fraction of sp³-hybridized carbons (Fsp3) is 0.417. The maximum atomic E-state index is 13.0. The molecule has 174 valence electrons. The molecule has 2 aromatic rings. The highest BCUT2D eigenvalue weighted by Crippen LogP contribution is 2.21. The quantitative estimate of drug-likeness (QED) is 0.277. The van der Waals surface area contributed by atoms with Crippen LogP contribution in [0.5, 0.6) is 0 Å². The van der Waals surface area contributed by atoms with Crippen LogP contribution in [0.25, 0.3) is 0 Å². The van der Waals surface area contributed by atoms with Crippen LogP contribution in [0.1, 0.15) is 74.2 Å². The highest BCUT2D eigenvalue weighted by molar-refractivity contribution is 7.89. The highest BCUT2D eigenvalue weighted by atomic mass is 35.5. The number of hydrogen-bond acceptors (Lipinski definition) is 4. The molecule has 1 unspecified atom stereocenters. The number of hydrogen-bond donors (Lipinski definition) is 2. The molecule has 0 heterocycles. The van der Waals surface area contributed by atoms with Crippen molar-refractivity contribution in [1.82, 2.24) is 4.72 Å². The fourth-order valence-corrected chi connectivity index (χ4v) is 5.07. The molecular weight excluding hydrogens is 450 g/mol. The van der Waals surface area contributed by atoms with Crippen LogP contribution in [0.2, 0.25) is 5.02 Å². The number of benzene rings is 2. The Kier molecular flexibility index (Phi) is 10.4. The minimum absolute atomic E-state index is 0.0368. The summed E-state index contributed by atoms with van der Waals surface area (Å²) < 4.78 is 28.7. The number of carbonyl (C=O) groups is 2. The Morgan fingerprint density at radius 2 is 1.53 bits per heavy atom. The van der Waals surface area contributed by atoms with E-state index in [9.17, 15) is 18.0 Å². The van der Waals surface area contributed by atoms with Gasteiger partial charge in [0.15, 0.2) is 5.78 Å². The smallest absolute Gasteiger partial charge is 0.303 e. The molecular formula is C24H30ClNO5S. The summed E-state index contributed by atoms with van der Waals surface area (Å²) in [4.78, 5) is 23.4. The number of nitrogens with one attached hydrogen (secondary N) is 1. The van der Waals surface area contributed by atoms with Crippen molar-refractivity contribution < 1.29 is 23.1 Å². The molecule has 0 bridgehead atoms. The van der Waals surface area contributed by atoms with E-state index in [4.69, 9.17) is 16.7 Å². The number of rotatable bonds is 14. The fourth-order valence-electron chi connectivity index (χ4n) is 3.47. The van der Waals surface area contributed by atoms with Crippen molar-refractivity contribution in [3.8, 4) is 0 Å². The molecule has 8 heteroatoms. The van der Waals surface area contributed by atoms with Crippen LogP contribution in [0.4, 0.5) is 0 Å². The molecule has 0 aromatic heterocycles. The van der Waals surface area contributed by atoms with Crippen LogP contribution in [-0.4, -0.2) is 31.3 Å². The van der Waals surface area contributed by atoms with E-state index in [2.05, 4.69) is 4.72 Å². The summed E-state index contributed by atoms with van der Waals surface area (Å²) in [5, 5.41) is 9.12. The molecule has 32 heavy (non-hydrogen) atoms. The zero-order valence-electron chi connectivity index (χ0n) is 18.2. The van der Waals surface area contributed by atoms with Crippen molar-refractivity contribution in [3.05, 3.63) is 64.7 Å². The predicted molar refractivity (Wildman–Crippen MR) is 126 cm³/mol. The molecule has 0 fully saturated rings. The summed E-state index contributed by atoms with van der Waals surface area (Å²) in [7, 11) is -3.87. The summed E-state index contributed by atoms with van der Waals surface area (Å²) in [6.45, 7) is 1.81. The van der Waals surface area contributed by atoms with E-state index in [1.54, 1.807) is 36.4 Å². The van der Waals surface area contributed by atoms with Crippen LogP contribution in [0.15, 0.2) is 53.4 Å². The second kappa shape index (κ2) is 12.7. The largest absolute Gasteiger partial charge is 0.481 e. The van der Waals surface area contributed by atoms with Crippen molar-refractivity contribution in [2.45, 2.75) is 69.2 Å². The van der Waals surface area contributed by atoms with Gasteiger partial charge in [-0.05, 0) is 56.2 Å². The molecule has 0 saturated heterocycles. The third-order valence-electron chi connectivity index (χ3n) is 5.16. The number of carbonyl (C=O) groups excluding carboxylic acids is 1. The van der Waals surface area contributed by atoms with Gasteiger partial charge in [0.2, 0.25) is 10.0 Å². The van der Waals surface area contributed by atoms with Gasteiger partial charge < -0.3 is 5.11 Å². The number of carboxylic acid groups (broad SMARTS) is 1. The highest BCUT2D eigenvalue weighted by Gasteiger charge is 2.24. The molecule has 0 aliphatic heterocycles. The lowest BCUT2D eigenvalue weighted by Crippen LogP contribution is -2.33. The van der Waals surface area contributed by atoms with Gasteiger partial charge in [-0.1, -0.05) is 55.8 Å². The number of unbranched alkanes of at least 4 members (excludes halogenated alkanes) is 5. The first kappa shape index (κ1) is 26.0. The van der Waals surface area contributed by atoms with E-state index < -0.39 is 16.0 Å². The van der Waals surface area contributed by atoms with Crippen molar-refractivity contribution in [3.63, 3.8) is 0 Å². The Morgan fingerprint density at radius 3 is 2.19 bits per heavy atom. The average molecular weight is 480 g/mol. The lowest BCUT2D eigenvalue weighted by Gasteiger charge is -2.16. The summed E-state index contributed by atoms with van der Waals surface area (Å²) in [5.74, 6) is -1.14. The number of halogens is 1. The van der Waals surface area contributed by atoms with E-state index in [1.807, 2.05) is 6.92 Å². The lowest BCUT2D eigenvalue weighted by atomic mass is 10.0. The topological polar surface area (TPSA) is 101 Å². The second-order valence-electron chi connectivity index (χ2n) is 7.91. The van der Waals surface area contributed by atoms with Gasteiger partial charge in [0, 0.05) is 28.6 Å². The third-order valence-corrected chi connectivity index (χ3v) is 7.06. The van der Waals surface area contributed by atoms with Crippen molar-refractivity contribution in [2.24, 2.45) is 0 Å². The molecule has 2 aromatic carbocycles. The first-order valence-electron chi connectivity index (χ1n) is 10.8. The van der Waals surface area contributed by atoms with Crippen LogP contribution in [0.3, 0.4) is 0 Å². The van der Waals surface area contributed by atoms with Gasteiger partial charge in [0.1, 0.15) is 0 Å². The third kappa shape index (κ3) is 8.37. The van der Waals surface area contributed by atoms with Crippen molar-refractivity contribution >= 4 is 33.4 Å². The van der Waals surface area contributed by atoms with Crippen LogP contribution in [0, 0.1) is 0 Å².